The van der Waals surface area contributed by atoms with Crippen molar-refractivity contribution in [3.05, 3.63) is 0 Å². The topological polar surface area (TPSA) is 131 Å². The molecular formula is C59H154O13Si4. The lowest BCUT2D eigenvalue weighted by atomic mass is 10.2. The minimum Gasteiger partial charge on any atom is -0.414 e. The van der Waals surface area contributed by atoms with Gasteiger partial charge in [0.1, 0.15) is 12.2 Å². The van der Waals surface area contributed by atoms with Gasteiger partial charge in [-0.05, 0) is 78.9 Å². The quantitative estimate of drug-likeness (QED) is 0.0472. The fourth-order valence-corrected chi connectivity index (χ4v) is 8.50. The van der Waals surface area contributed by atoms with Gasteiger partial charge in [0.15, 0.2) is 33.3 Å². The molecular weight excluding hydrogens is 1030 g/mol. The van der Waals surface area contributed by atoms with E-state index < -0.39 is 33.3 Å². The predicted molar refractivity (Wildman–Crippen MR) is 355 cm³/mol. The van der Waals surface area contributed by atoms with Crippen LogP contribution < -0.4 is 0 Å². The second kappa shape index (κ2) is 55.9. The third-order valence-electron chi connectivity index (χ3n) is 12.9. The highest BCUT2D eigenvalue weighted by atomic mass is 28.4. The monoisotopic (exact) mass is 1180 g/mol. The molecule has 0 aromatic carbocycles. The maximum atomic E-state index is 8.80. The zero-order valence-electron chi connectivity index (χ0n) is 45.6. The Hall–Kier alpha value is 0.348. The first kappa shape index (κ1) is 112. The summed E-state index contributed by atoms with van der Waals surface area (Å²) in [5, 5.41) is 9.59. The number of hydrogen-bond acceptors (Lipinski definition) is 13. The van der Waals surface area contributed by atoms with Gasteiger partial charge in [0.2, 0.25) is 0 Å². The average molecular weight is 1180 g/mol. The van der Waals surface area contributed by atoms with E-state index in [9.17, 15) is 0 Å². The highest BCUT2D eigenvalue weighted by Crippen LogP contribution is 2.38. The molecule has 0 aliphatic carbocycles. The molecule has 0 unspecified atom stereocenters. The van der Waals surface area contributed by atoms with E-state index in [0.717, 1.165) is 13.0 Å². The molecule has 484 valence electrons. The standard InChI is InChI=1S/C24H54O6Si2.C23H52O7Si2.12CH4/c1-12-13-25-14-17-28-22(20-26-15-18-29-31(8,9)23(2,3)4)21-27-16-19-30-32(10,11)24(5,6)7;1-22(2,3)31(7,8)29-17-14-26-19-21(28-16-13-25-12-11-24)20-27-15-18-30-32(9,10)23(4,5)6;;;;;;;;;;;;/h22H,12-21H2,1-11H3;21,24H,11-20H2,1-10H3;12*1H4. The molecule has 0 rings (SSSR count). The molecule has 0 atom stereocenters. The number of aliphatic hydroxyl groups excluding tert-OH is 1. The fourth-order valence-electron chi connectivity index (χ4n) is 4.40. The van der Waals surface area contributed by atoms with Gasteiger partial charge in [-0.1, -0.05) is 179 Å². The van der Waals surface area contributed by atoms with Gasteiger partial charge in [0, 0.05) is 6.61 Å². The summed E-state index contributed by atoms with van der Waals surface area (Å²) >= 11 is 0. The third kappa shape index (κ3) is 53.6. The molecule has 0 saturated carbocycles. The zero-order chi connectivity index (χ0) is 49.8. The van der Waals surface area contributed by atoms with Crippen LogP contribution in [0.15, 0.2) is 0 Å². The molecule has 0 amide bonds. The Morgan fingerprint density at radius 3 is 0.671 bits per heavy atom. The lowest BCUT2D eigenvalue weighted by molar-refractivity contribution is -0.0790. The highest BCUT2D eigenvalue weighted by Gasteiger charge is 2.39. The van der Waals surface area contributed by atoms with Crippen molar-refractivity contribution in [2.75, 3.05) is 126 Å². The van der Waals surface area contributed by atoms with Crippen molar-refractivity contribution in [3.8, 4) is 0 Å². The van der Waals surface area contributed by atoms with Gasteiger partial charge in [0.25, 0.3) is 0 Å². The van der Waals surface area contributed by atoms with Crippen molar-refractivity contribution in [2.24, 2.45) is 0 Å². The van der Waals surface area contributed by atoms with Crippen molar-refractivity contribution in [1.29, 1.82) is 0 Å². The molecule has 0 aliphatic heterocycles. The van der Waals surface area contributed by atoms with Crippen LogP contribution in [-0.4, -0.2) is 176 Å². The van der Waals surface area contributed by atoms with E-state index in [1.165, 1.54) is 0 Å². The van der Waals surface area contributed by atoms with E-state index in [1.54, 1.807) is 0 Å². The van der Waals surface area contributed by atoms with Gasteiger partial charge in [-0.15, -0.1) is 0 Å². The molecule has 76 heavy (non-hydrogen) atoms. The maximum absolute atomic E-state index is 8.80. The van der Waals surface area contributed by atoms with Crippen LogP contribution in [0.4, 0.5) is 0 Å². The average Bonchev–Trinajstić information content (AvgIpc) is 3.14. The second-order valence-corrected chi connectivity index (χ2v) is 41.9. The molecule has 0 bridgehead atoms. The summed E-state index contributed by atoms with van der Waals surface area (Å²) in [6.45, 7) is 56.5. The van der Waals surface area contributed by atoms with E-state index in [2.05, 4.69) is 142 Å². The minimum absolute atomic E-state index is 0. The lowest BCUT2D eigenvalue weighted by Crippen LogP contribution is -2.42. The molecule has 0 heterocycles. The van der Waals surface area contributed by atoms with Gasteiger partial charge in [-0.3, -0.25) is 0 Å². The second-order valence-electron chi connectivity index (χ2n) is 22.7. The largest absolute Gasteiger partial charge is 0.414 e. The lowest BCUT2D eigenvalue weighted by Gasteiger charge is -2.36. The molecule has 1 N–H and O–H groups in total. The number of hydrogen-bond donors (Lipinski definition) is 1. The van der Waals surface area contributed by atoms with E-state index in [0.29, 0.717) is 112 Å². The molecule has 0 saturated heterocycles. The normalized spacial score (nSPS) is 11.7. The summed E-state index contributed by atoms with van der Waals surface area (Å²) < 4.78 is 70.7. The Kier molecular flexibility index (Phi) is 82.0. The van der Waals surface area contributed by atoms with E-state index in [4.69, 9.17) is 60.7 Å². The maximum Gasteiger partial charge on any atom is 0.192 e. The number of ether oxygens (including phenoxy) is 8. The van der Waals surface area contributed by atoms with Crippen LogP contribution in [-0.2, 0) is 55.6 Å². The van der Waals surface area contributed by atoms with Crippen LogP contribution in [0, 0.1) is 0 Å². The number of rotatable bonds is 36. The molecule has 0 aliphatic rings. The molecule has 0 aromatic heterocycles. The van der Waals surface area contributed by atoms with Crippen molar-refractivity contribution in [2.45, 2.75) is 270 Å². The smallest absolute Gasteiger partial charge is 0.192 e. The SMILES string of the molecule is C.C.C.C.C.C.C.C.C.C.C.C.CC(C)(C)[Si](C)(C)OCCOCC(COCCO[Si](C)(C)C(C)(C)C)OCCOCCO.CCCOCCOC(COCCO[Si](C)(C)C(C)(C)C)COCCO[Si](C)(C)C(C)(C)C. The van der Waals surface area contributed by atoms with Gasteiger partial charge in [-0.25, -0.2) is 0 Å². The highest BCUT2D eigenvalue weighted by molar-refractivity contribution is 6.75. The van der Waals surface area contributed by atoms with Gasteiger partial charge in [0.05, 0.1) is 119 Å². The third-order valence-corrected chi connectivity index (χ3v) is 31.1. The first-order valence-electron chi connectivity index (χ1n) is 24.1. The predicted octanol–water partition coefficient (Wildman–Crippen LogP) is 18.0. The van der Waals surface area contributed by atoms with Crippen LogP contribution in [0.5, 0.6) is 0 Å². The summed E-state index contributed by atoms with van der Waals surface area (Å²) in [4.78, 5) is 0. The van der Waals surface area contributed by atoms with E-state index in [1.807, 2.05) is 0 Å². The Morgan fingerprint density at radius 1 is 0.289 bits per heavy atom. The van der Waals surface area contributed by atoms with Crippen LogP contribution >= 0.6 is 0 Å². The van der Waals surface area contributed by atoms with E-state index >= 15 is 0 Å². The Labute approximate surface area is 487 Å². The van der Waals surface area contributed by atoms with Crippen LogP contribution in [0.1, 0.15) is 186 Å². The van der Waals surface area contributed by atoms with Crippen LogP contribution in [0.2, 0.25) is 72.5 Å². The molecule has 0 fully saturated rings. The van der Waals surface area contributed by atoms with E-state index in [-0.39, 0.29) is 128 Å². The first-order chi connectivity index (χ1) is 29.3. The van der Waals surface area contributed by atoms with Crippen molar-refractivity contribution >= 4 is 33.3 Å². The first-order valence-corrected chi connectivity index (χ1v) is 35.8. The molecule has 17 heteroatoms. The minimum atomic E-state index is -1.76. The molecule has 0 radical (unpaired) electrons. The summed E-state index contributed by atoms with van der Waals surface area (Å²) in [7, 11) is -6.99. The van der Waals surface area contributed by atoms with Crippen LogP contribution in [0.25, 0.3) is 0 Å². The molecule has 0 spiro atoms. The Balaban J connectivity index is -0.0000000728. The van der Waals surface area contributed by atoms with Gasteiger partial charge < -0.3 is 60.7 Å². The zero-order valence-corrected chi connectivity index (χ0v) is 49.6. The summed E-state index contributed by atoms with van der Waals surface area (Å²) in [6, 6.07) is 0. The Bertz CT molecular complexity index is 965. The van der Waals surface area contributed by atoms with Gasteiger partial charge in [-0.2, -0.15) is 0 Å². The van der Waals surface area contributed by atoms with Crippen molar-refractivity contribution in [3.63, 3.8) is 0 Å². The molecule has 13 nitrogen and oxygen atoms in total. The fraction of sp³-hybridized carbons (Fsp3) is 1.00. The van der Waals surface area contributed by atoms with Gasteiger partial charge >= 0.3 is 0 Å². The summed E-state index contributed by atoms with van der Waals surface area (Å²) in [5.74, 6) is 0. The number of aliphatic hydroxyl groups is 1. The van der Waals surface area contributed by atoms with Crippen molar-refractivity contribution in [1.82, 2.24) is 0 Å². The summed E-state index contributed by atoms with van der Waals surface area (Å²) in [5.41, 5.74) is 0. The summed E-state index contributed by atoms with van der Waals surface area (Å²) in [6.07, 6.45) is 0.701. The van der Waals surface area contributed by atoms with Crippen LogP contribution in [0.3, 0.4) is 0 Å². The molecule has 0 aromatic rings. The Morgan fingerprint density at radius 2 is 0.487 bits per heavy atom. The van der Waals surface area contributed by atoms with Crippen molar-refractivity contribution < 1.29 is 60.7 Å².